The van der Waals surface area contributed by atoms with Gasteiger partial charge in [0.25, 0.3) is 0 Å². The molecule has 5 rings (SSSR count). The summed E-state index contributed by atoms with van der Waals surface area (Å²) in [7, 11) is 0. The van der Waals surface area contributed by atoms with E-state index in [2.05, 4.69) is 24.1 Å². The second-order valence-electron chi connectivity index (χ2n) is 12.3. The van der Waals surface area contributed by atoms with Gasteiger partial charge in [0.1, 0.15) is 17.5 Å². The average molecular weight is 722 g/mol. The van der Waals surface area contributed by atoms with E-state index in [1.807, 2.05) is 28.8 Å². The average Bonchev–Trinajstić information content (AvgIpc) is 3.44. The van der Waals surface area contributed by atoms with E-state index in [0.29, 0.717) is 32.5 Å². The fourth-order valence-electron chi connectivity index (χ4n) is 6.06. The number of anilines is 1. The number of halogens is 4. The Bertz CT molecular complexity index is 1980. The van der Waals surface area contributed by atoms with Crippen molar-refractivity contribution in [2.24, 2.45) is 11.5 Å². The summed E-state index contributed by atoms with van der Waals surface area (Å²) in [6.45, 7) is 6.16. The number of aromatic nitrogens is 2. The summed E-state index contributed by atoms with van der Waals surface area (Å²) in [5.74, 6) is -1.66. The first kappa shape index (κ1) is 36.8. The van der Waals surface area contributed by atoms with Crippen LogP contribution in [0.3, 0.4) is 0 Å². The number of carbonyl (C=O) groups is 2. The number of nitrogens with zero attached hydrogens (tertiary/aromatic N) is 3. The van der Waals surface area contributed by atoms with Crippen molar-refractivity contribution in [1.29, 1.82) is 0 Å². The maximum absolute atomic E-state index is 14.9. The molecule has 0 saturated carbocycles. The van der Waals surface area contributed by atoms with Crippen LogP contribution < -0.4 is 21.7 Å². The lowest BCUT2D eigenvalue weighted by atomic mass is 10.0. The van der Waals surface area contributed by atoms with Crippen LogP contribution in [0.4, 0.5) is 14.5 Å². The molecule has 4 aromatic carbocycles. The molecule has 0 aliphatic carbocycles. The lowest BCUT2D eigenvalue weighted by Gasteiger charge is -2.24. The third kappa shape index (κ3) is 8.79. The first-order valence-electron chi connectivity index (χ1n) is 16.5. The SMILES string of the molecule is CCCN(CCC)c1ccc(-c2nc3cc(C(CC(N)=O)NC(=O)[C@@H](N)Cc4ccc(Cl)c(Cl)c4)ccc3n2Cc2cc(F)ccc2F)cc1. The van der Waals surface area contributed by atoms with Crippen molar-refractivity contribution in [1.82, 2.24) is 14.9 Å². The minimum atomic E-state index is -0.952. The first-order chi connectivity index (χ1) is 24.0. The summed E-state index contributed by atoms with van der Waals surface area (Å²) in [4.78, 5) is 32.7. The molecule has 50 heavy (non-hydrogen) atoms. The van der Waals surface area contributed by atoms with Crippen molar-refractivity contribution in [3.8, 4) is 11.4 Å². The fourth-order valence-corrected chi connectivity index (χ4v) is 6.38. The van der Waals surface area contributed by atoms with Crippen molar-refractivity contribution < 1.29 is 18.4 Å². The molecule has 0 spiro atoms. The number of benzene rings is 4. The lowest BCUT2D eigenvalue weighted by Crippen LogP contribution is -2.44. The molecular weight excluding hydrogens is 681 g/mol. The van der Waals surface area contributed by atoms with Crippen LogP contribution in [-0.2, 0) is 22.6 Å². The molecule has 0 fully saturated rings. The first-order valence-corrected chi connectivity index (χ1v) is 17.3. The number of nitrogens with two attached hydrogens (primary N) is 2. The van der Waals surface area contributed by atoms with Gasteiger partial charge in [-0.15, -0.1) is 0 Å². The third-order valence-corrected chi connectivity index (χ3v) is 9.23. The van der Waals surface area contributed by atoms with E-state index in [4.69, 9.17) is 39.7 Å². The topological polar surface area (TPSA) is 119 Å². The van der Waals surface area contributed by atoms with Gasteiger partial charge in [-0.1, -0.05) is 49.2 Å². The third-order valence-electron chi connectivity index (χ3n) is 8.49. The van der Waals surface area contributed by atoms with Crippen molar-refractivity contribution in [3.05, 3.63) is 117 Å². The van der Waals surface area contributed by atoms with Gasteiger partial charge in [-0.3, -0.25) is 9.59 Å². The van der Waals surface area contributed by atoms with Crippen LogP contribution in [0.15, 0.2) is 78.9 Å². The fraction of sp³-hybridized carbons (Fsp3) is 0.289. The van der Waals surface area contributed by atoms with Crippen LogP contribution in [-0.4, -0.2) is 40.5 Å². The van der Waals surface area contributed by atoms with E-state index in [-0.39, 0.29) is 24.9 Å². The summed E-state index contributed by atoms with van der Waals surface area (Å²) in [5, 5.41) is 3.60. The zero-order chi connectivity index (χ0) is 35.9. The number of carbonyl (C=O) groups excluding carboxylic acids is 2. The van der Waals surface area contributed by atoms with Crippen LogP contribution in [0.5, 0.6) is 0 Å². The maximum Gasteiger partial charge on any atom is 0.237 e. The molecule has 1 aromatic heterocycles. The summed E-state index contributed by atoms with van der Waals surface area (Å²) in [5.41, 5.74) is 16.4. The molecule has 0 aliphatic heterocycles. The van der Waals surface area contributed by atoms with Crippen LogP contribution in [0.2, 0.25) is 10.0 Å². The van der Waals surface area contributed by atoms with Gasteiger partial charge in [0.2, 0.25) is 11.8 Å². The highest BCUT2D eigenvalue weighted by Gasteiger charge is 2.24. The Kier molecular flexibility index (Phi) is 12.1. The molecule has 5 N–H and O–H groups in total. The number of hydrogen-bond acceptors (Lipinski definition) is 5. The highest BCUT2D eigenvalue weighted by molar-refractivity contribution is 6.42. The molecule has 2 amide bonds. The Morgan fingerprint density at radius 1 is 0.920 bits per heavy atom. The second kappa shape index (κ2) is 16.5. The van der Waals surface area contributed by atoms with Gasteiger partial charge in [0.15, 0.2) is 0 Å². The number of hydrogen-bond donors (Lipinski definition) is 3. The van der Waals surface area contributed by atoms with Crippen molar-refractivity contribution in [2.75, 3.05) is 18.0 Å². The molecular formula is C38H40Cl2F2N6O2. The minimum absolute atomic E-state index is 0.0132. The number of fused-ring (bicyclic) bond motifs is 1. The molecule has 8 nitrogen and oxygen atoms in total. The van der Waals surface area contributed by atoms with E-state index in [0.717, 1.165) is 54.9 Å². The summed E-state index contributed by atoms with van der Waals surface area (Å²) >= 11 is 12.1. The lowest BCUT2D eigenvalue weighted by molar-refractivity contribution is -0.123. The smallest absolute Gasteiger partial charge is 0.237 e. The molecule has 2 atom stereocenters. The van der Waals surface area contributed by atoms with Crippen molar-refractivity contribution >= 4 is 51.7 Å². The monoisotopic (exact) mass is 720 g/mol. The van der Waals surface area contributed by atoms with Crippen LogP contribution in [0.25, 0.3) is 22.4 Å². The van der Waals surface area contributed by atoms with Crippen molar-refractivity contribution in [2.45, 2.75) is 58.2 Å². The van der Waals surface area contributed by atoms with E-state index in [9.17, 15) is 18.4 Å². The van der Waals surface area contributed by atoms with Crippen molar-refractivity contribution in [3.63, 3.8) is 0 Å². The summed E-state index contributed by atoms with van der Waals surface area (Å²) < 4.78 is 31.0. The second-order valence-corrected chi connectivity index (χ2v) is 13.1. The van der Waals surface area contributed by atoms with Gasteiger partial charge in [0, 0.05) is 29.9 Å². The highest BCUT2D eigenvalue weighted by atomic mass is 35.5. The van der Waals surface area contributed by atoms with E-state index in [1.54, 1.807) is 36.4 Å². The van der Waals surface area contributed by atoms with E-state index in [1.165, 1.54) is 6.07 Å². The molecule has 0 saturated heterocycles. The van der Waals surface area contributed by atoms with Crippen LogP contribution >= 0.6 is 23.2 Å². The van der Waals surface area contributed by atoms with Gasteiger partial charge in [-0.25, -0.2) is 13.8 Å². The van der Waals surface area contributed by atoms with Gasteiger partial charge in [-0.2, -0.15) is 0 Å². The van der Waals surface area contributed by atoms with Crippen LogP contribution in [0.1, 0.15) is 55.8 Å². The molecule has 5 aromatic rings. The highest BCUT2D eigenvalue weighted by Crippen LogP contribution is 2.31. The van der Waals surface area contributed by atoms with Gasteiger partial charge in [0.05, 0.1) is 46.1 Å². The number of nitrogens with one attached hydrogen (secondary N) is 1. The molecule has 0 aliphatic rings. The molecule has 1 heterocycles. The zero-order valence-corrected chi connectivity index (χ0v) is 29.4. The Morgan fingerprint density at radius 3 is 2.30 bits per heavy atom. The number of primary amides is 1. The van der Waals surface area contributed by atoms with E-state index < -0.39 is 35.5 Å². The molecule has 12 heteroatoms. The Morgan fingerprint density at radius 2 is 1.64 bits per heavy atom. The molecule has 262 valence electrons. The van der Waals surface area contributed by atoms with Gasteiger partial charge < -0.3 is 26.3 Å². The predicted molar refractivity (Wildman–Crippen MR) is 196 cm³/mol. The number of imidazole rings is 1. The number of rotatable bonds is 15. The number of amides is 2. The standard InChI is InChI=1S/C38H40Cl2F2N6O2/c1-3-15-47(16-4-2)28-10-6-24(7-11-28)37-45-34-20-25(8-14-35(34)48(37)22-26-19-27(41)9-13-31(26)42)33(21-36(44)49)46-38(50)32(43)18-23-5-12-29(39)30(40)17-23/h5-14,17,19-20,32-33H,3-4,15-16,18,21-22,43H2,1-2H3,(H2,44,49)(H,46,50)/t32-,33?/m0/s1. The van der Waals surface area contributed by atoms with Gasteiger partial charge >= 0.3 is 0 Å². The predicted octanol–water partition coefficient (Wildman–Crippen LogP) is 7.57. The van der Waals surface area contributed by atoms with Gasteiger partial charge in [-0.05, 0) is 97.1 Å². The minimum Gasteiger partial charge on any atom is -0.372 e. The largest absolute Gasteiger partial charge is 0.372 e. The normalized spacial score (nSPS) is 12.5. The Labute approximate surface area is 300 Å². The molecule has 1 unspecified atom stereocenters. The summed E-state index contributed by atoms with van der Waals surface area (Å²) in [6.07, 6.45) is 2.02. The van der Waals surface area contributed by atoms with E-state index >= 15 is 0 Å². The zero-order valence-electron chi connectivity index (χ0n) is 27.9. The molecule has 0 radical (unpaired) electrons. The molecule has 0 bridgehead atoms. The van der Waals surface area contributed by atoms with Crippen LogP contribution in [0, 0.1) is 11.6 Å². The Hall–Kier alpha value is -4.51. The summed E-state index contributed by atoms with van der Waals surface area (Å²) in [6, 6.07) is 19.9. The maximum atomic E-state index is 14.9. The Balaban J connectivity index is 1.50. The quantitative estimate of drug-likeness (QED) is 0.103.